The Balaban J connectivity index is 2.58. The first-order valence-electron chi connectivity index (χ1n) is 7.79. The van der Waals surface area contributed by atoms with Crippen LogP contribution in [-0.2, 0) is 0 Å². The molecule has 0 amide bonds. The first kappa shape index (κ1) is 17.3. The Morgan fingerprint density at radius 3 is 2.50 bits per heavy atom. The maximum atomic E-state index is 6.22. The van der Waals surface area contributed by atoms with Gasteiger partial charge in [0, 0.05) is 6.04 Å². The van der Waals surface area contributed by atoms with Crippen LogP contribution in [0.1, 0.15) is 64.0 Å². The molecule has 0 aliphatic heterocycles. The van der Waals surface area contributed by atoms with Crippen molar-refractivity contribution in [2.45, 2.75) is 58.4 Å². The second-order valence-electron chi connectivity index (χ2n) is 5.21. The van der Waals surface area contributed by atoms with Crippen molar-refractivity contribution in [1.29, 1.82) is 0 Å². The Kier molecular flexibility index (Phi) is 8.72. The van der Waals surface area contributed by atoms with Gasteiger partial charge in [0.2, 0.25) is 0 Å². The topological polar surface area (TPSA) is 21.3 Å². The van der Waals surface area contributed by atoms with Crippen LogP contribution in [0, 0.1) is 0 Å². The van der Waals surface area contributed by atoms with E-state index in [1.807, 2.05) is 12.1 Å². The number of rotatable bonds is 10. The highest BCUT2D eigenvalue weighted by molar-refractivity contribution is 6.32. The highest BCUT2D eigenvalue weighted by Gasteiger charge is 2.12. The second-order valence-corrected chi connectivity index (χ2v) is 5.61. The quantitative estimate of drug-likeness (QED) is 0.587. The minimum absolute atomic E-state index is 0.394. The Bertz CT molecular complexity index is 381. The number of ether oxygens (including phenoxy) is 1. The number of halogens is 1. The summed E-state index contributed by atoms with van der Waals surface area (Å²) in [4.78, 5) is 0. The van der Waals surface area contributed by atoms with E-state index in [9.17, 15) is 0 Å². The summed E-state index contributed by atoms with van der Waals surface area (Å²) in [7, 11) is 1.65. The van der Waals surface area contributed by atoms with Gasteiger partial charge in [0.25, 0.3) is 0 Å². The highest BCUT2D eigenvalue weighted by atomic mass is 35.5. The van der Waals surface area contributed by atoms with Crippen LogP contribution in [0.15, 0.2) is 18.2 Å². The molecule has 1 N–H and O–H groups in total. The molecule has 1 rings (SSSR count). The van der Waals surface area contributed by atoms with Gasteiger partial charge in [-0.15, -0.1) is 0 Å². The Morgan fingerprint density at radius 1 is 1.15 bits per heavy atom. The molecule has 114 valence electrons. The molecular formula is C17H28ClNO. The van der Waals surface area contributed by atoms with Crippen molar-refractivity contribution in [2.75, 3.05) is 13.7 Å². The molecule has 0 bridgehead atoms. The fourth-order valence-electron chi connectivity index (χ4n) is 2.48. The third-order valence-corrected chi connectivity index (χ3v) is 3.92. The van der Waals surface area contributed by atoms with Crippen LogP contribution in [0.4, 0.5) is 0 Å². The molecule has 0 radical (unpaired) electrons. The zero-order valence-corrected chi connectivity index (χ0v) is 13.8. The van der Waals surface area contributed by atoms with Crippen LogP contribution >= 0.6 is 11.6 Å². The van der Waals surface area contributed by atoms with E-state index >= 15 is 0 Å². The standard InChI is InChI=1S/C17H28ClNO/c1-4-6-7-8-9-10-16(19-5-2)14-11-12-17(20-3)15(18)13-14/h11-13,16,19H,4-10H2,1-3H3. The van der Waals surface area contributed by atoms with Gasteiger partial charge in [-0.2, -0.15) is 0 Å². The largest absolute Gasteiger partial charge is 0.495 e. The maximum Gasteiger partial charge on any atom is 0.137 e. The first-order valence-corrected chi connectivity index (χ1v) is 8.17. The zero-order chi connectivity index (χ0) is 14.8. The molecular weight excluding hydrogens is 270 g/mol. The minimum Gasteiger partial charge on any atom is -0.495 e. The summed E-state index contributed by atoms with van der Waals surface area (Å²) in [6.45, 7) is 5.37. The van der Waals surface area contributed by atoms with Crippen LogP contribution in [0.5, 0.6) is 5.75 Å². The van der Waals surface area contributed by atoms with Crippen LogP contribution in [0.3, 0.4) is 0 Å². The SMILES string of the molecule is CCCCCCCC(NCC)c1ccc(OC)c(Cl)c1. The van der Waals surface area contributed by atoms with Gasteiger partial charge in [-0.25, -0.2) is 0 Å². The van der Waals surface area contributed by atoms with Crippen molar-refractivity contribution in [1.82, 2.24) is 5.32 Å². The fraction of sp³-hybridized carbons (Fsp3) is 0.647. The summed E-state index contributed by atoms with van der Waals surface area (Å²) in [5, 5.41) is 4.25. The lowest BCUT2D eigenvalue weighted by Gasteiger charge is -2.19. The third kappa shape index (κ3) is 5.72. The number of hydrogen-bond donors (Lipinski definition) is 1. The Labute approximate surface area is 128 Å². The molecule has 0 aliphatic rings. The smallest absolute Gasteiger partial charge is 0.137 e. The molecule has 1 aromatic rings. The molecule has 2 nitrogen and oxygen atoms in total. The van der Waals surface area contributed by atoms with Crippen LogP contribution < -0.4 is 10.1 Å². The van der Waals surface area contributed by atoms with E-state index in [0.717, 1.165) is 12.3 Å². The summed E-state index contributed by atoms with van der Waals surface area (Å²) < 4.78 is 5.21. The molecule has 0 spiro atoms. The number of hydrogen-bond acceptors (Lipinski definition) is 2. The predicted molar refractivity (Wildman–Crippen MR) is 87.8 cm³/mol. The van der Waals surface area contributed by atoms with E-state index in [1.54, 1.807) is 7.11 Å². The number of nitrogens with one attached hydrogen (secondary N) is 1. The van der Waals surface area contributed by atoms with Crippen molar-refractivity contribution >= 4 is 11.6 Å². The van der Waals surface area contributed by atoms with Gasteiger partial charge in [0.15, 0.2) is 0 Å². The Morgan fingerprint density at radius 2 is 1.90 bits per heavy atom. The zero-order valence-electron chi connectivity index (χ0n) is 13.0. The normalized spacial score (nSPS) is 12.4. The molecule has 0 saturated heterocycles. The summed E-state index contributed by atoms with van der Waals surface area (Å²) in [6, 6.07) is 6.49. The van der Waals surface area contributed by atoms with E-state index in [1.165, 1.54) is 44.1 Å². The summed E-state index contributed by atoms with van der Waals surface area (Å²) >= 11 is 6.22. The molecule has 1 aromatic carbocycles. The van der Waals surface area contributed by atoms with Gasteiger partial charge < -0.3 is 10.1 Å². The fourth-order valence-corrected chi connectivity index (χ4v) is 2.75. The van der Waals surface area contributed by atoms with E-state index in [2.05, 4.69) is 25.2 Å². The first-order chi connectivity index (χ1) is 9.72. The van der Waals surface area contributed by atoms with Crippen LogP contribution in [0.25, 0.3) is 0 Å². The van der Waals surface area contributed by atoms with Gasteiger partial charge in [-0.3, -0.25) is 0 Å². The van der Waals surface area contributed by atoms with Crippen molar-refractivity contribution < 1.29 is 4.74 Å². The minimum atomic E-state index is 0.394. The van der Waals surface area contributed by atoms with Crippen LogP contribution in [-0.4, -0.2) is 13.7 Å². The van der Waals surface area contributed by atoms with Gasteiger partial charge in [0.05, 0.1) is 12.1 Å². The van der Waals surface area contributed by atoms with Crippen molar-refractivity contribution in [2.24, 2.45) is 0 Å². The van der Waals surface area contributed by atoms with Gasteiger partial charge in [-0.05, 0) is 30.7 Å². The van der Waals surface area contributed by atoms with Gasteiger partial charge in [-0.1, -0.05) is 63.6 Å². The molecule has 3 heteroatoms. The monoisotopic (exact) mass is 297 g/mol. The third-order valence-electron chi connectivity index (χ3n) is 3.63. The molecule has 0 aliphatic carbocycles. The van der Waals surface area contributed by atoms with E-state index in [-0.39, 0.29) is 0 Å². The molecule has 0 saturated carbocycles. The van der Waals surface area contributed by atoms with Crippen molar-refractivity contribution in [3.8, 4) is 5.75 Å². The Hall–Kier alpha value is -0.730. The lowest BCUT2D eigenvalue weighted by atomic mass is 9.99. The molecule has 0 heterocycles. The predicted octanol–water partition coefficient (Wildman–Crippen LogP) is 5.36. The van der Waals surface area contributed by atoms with Gasteiger partial charge >= 0.3 is 0 Å². The lowest BCUT2D eigenvalue weighted by Crippen LogP contribution is -2.20. The molecule has 1 atom stereocenters. The molecule has 0 aromatic heterocycles. The number of benzene rings is 1. The van der Waals surface area contributed by atoms with Crippen molar-refractivity contribution in [3.63, 3.8) is 0 Å². The molecule has 0 fully saturated rings. The second kappa shape index (κ2) is 10.1. The molecule has 20 heavy (non-hydrogen) atoms. The van der Waals surface area contributed by atoms with E-state index in [4.69, 9.17) is 16.3 Å². The van der Waals surface area contributed by atoms with E-state index in [0.29, 0.717) is 11.1 Å². The average Bonchev–Trinajstić information content (AvgIpc) is 2.46. The summed E-state index contributed by atoms with van der Waals surface area (Å²) in [5.74, 6) is 0.744. The highest BCUT2D eigenvalue weighted by Crippen LogP contribution is 2.29. The number of unbranched alkanes of at least 4 members (excludes halogenated alkanes) is 4. The van der Waals surface area contributed by atoms with Crippen LogP contribution in [0.2, 0.25) is 5.02 Å². The number of methoxy groups -OCH3 is 1. The summed E-state index contributed by atoms with van der Waals surface area (Å²) in [5.41, 5.74) is 1.26. The van der Waals surface area contributed by atoms with E-state index < -0.39 is 0 Å². The average molecular weight is 298 g/mol. The molecule has 1 unspecified atom stereocenters. The van der Waals surface area contributed by atoms with Gasteiger partial charge in [0.1, 0.15) is 5.75 Å². The maximum absolute atomic E-state index is 6.22. The lowest BCUT2D eigenvalue weighted by molar-refractivity contribution is 0.414. The summed E-state index contributed by atoms with van der Waals surface area (Å²) in [6.07, 6.45) is 7.74. The van der Waals surface area contributed by atoms with Crippen molar-refractivity contribution in [3.05, 3.63) is 28.8 Å².